The average molecular weight is 271 g/mol. The molecule has 0 saturated carbocycles. The number of nitrogens with one attached hydrogen (secondary N) is 1. The lowest BCUT2D eigenvalue weighted by Crippen LogP contribution is -2.08. The molecule has 0 spiro atoms. The molecule has 0 aliphatic rings. The minimum Gasteiger partial charge on any atom is -0.462 e. The van der Waals surface area contributed by atoms with E-state index in [1.807, 2.05) is 32.0 Å². The number of esters is 1. The molecule has 5 heteroatoms. The van der Waals surface area contributed by atoms with E-state index in [9.17, 15) is 4.79 Å². The molecule has 0 fully saturated rings. The molecule has 0 atom stereocenters. The van der Waals surface area contributed by atoms with Crippen molar-refractivity contribution in [3.63, 3.8) is 0 Å². The second kappa shape index (κ2) is 6.14. The summed E-state index contributed by atoms with van der Waals surface area (Å²) in [6, 6.07) is 5.66. The number of pyridine rings is 2. The van der Waals surface area contributed by atoms with Crippen LogP contribution in [-0.2, 0) is 4.74 Å². The van der Waals surface area contributed by atoms with Gasteiger partial charge in [-0.05, 0) is 44.5 Å². The number of carbonyl (C=O) groups excluding carboxylic acids is 1. The zero-order chi connectivity index (χ0) is 14.5. The van der Waals surface area contributed by atoms with Crippen LogP contribution in [0, 0.1) is 13.8 Å². The topological polar surface area (TPSA) is 64.1 Å². The maximum Gasteiger partial charge on any atom is 0.339 e. The number of nitrogens with zero attached hydrogens (tertiary/aromatic N) is 2. The van der Waals surface area contributed by atoms with Crippen molar-refractivity contribution in [2.45, 2.75) is 20.8 Å². The summed E-state index contributed by atoms with van der Waals surface area (Å²) < 4.78 is 4.97. The van der Waals surface area contributed by atoms with Crippen molar-refractivity contribution in [3.8, 4) is 0 Å². The fourth-order valence-electron chi connectivity index (χ4n) is 1.74. The first-order valence-corrected chi connectivity index (χ1v) is 6.43. The van der Waals surface area contributed by atoms with Crippen LogP contribution in [0.2, 0.25) is 0 Å². The van der Waals surface area contributed by atoms with Gasteiger partial charge in [-0.2, -0.15) is 0 Å². The summed E-state index contributed by atoms with van der Waals surface area (Å²) in [5.41, 5.74) is 3.11. The molecule has 0 aromatic carbocycles. The summed E-state index contributed by atoms with van der Waals surface area (Å²) >= 11 is 0. The Balaban J connectivity index is 2.16. The molecule has 0 aliphatic heterocycles. The number of hydrogen-bond donors (Lipinski definition) is 1. The minimum atomic E-state index is -0.346. The van der Waals surface area contributed by atoms with E-state index < -0.39 is 0 Å². The first-order chi connectivity index (χ1) is 9.60. The van der Waals surface area contributed by atoms with Gasteiger partial charge in [-0.15, -0.1) is 0 Å². The Morgan fingerprint density at radius 2 is 2.05 bits per heavy atom. The minimum absolute atomic E-state index is 0.346. The number of ether oxygens (including phenoxy) is 1. The van der Waals surface area contributed by atoms with E-state index in [1.165, 1.54) is 6.20 Å². The average Bonchev–Trinajstić information content (AvgIpc) is 2.42. The Hall–Kier alpha value is -2.43. The molecule has 5 nitrogen and oxygen atoms in total. The third kappa shape index (κ3) is 3.32. The van der Waals surface area contributed by atoms with E-state index in [-0.39, 0.29) is 5.97 Å². The Labute approximate surface area is 118 Å². The molecule has 2 heterocycles. The second-order valence-corrected chi connectivity index (χ2v) is 4.42. The molecule has 2 aromatic rings. The predicted molar refractivity (Wildman–Crippen MR) is 77.2 cm³/mol. The van der Waals surface area contributed by atoms with Gasteiger partial charge in [0, 0.05) is 11.9 Å². The molecule has 0 unspecified atom stereocenters. The lowest BCUT2D eigenvalue weighted by Gasteiger charge is -2.09. The van der Waals surface area contributed by atoms with Gasteiger partial charge in [0.1, 0.15) is 5.82 Å². The normalized spacial score (nSPS) is 10.2. The summed E-state index contributed by atoms with van der Waals surface area (Å²) in [5, 5.41) is 3.14. The number of aromatic nitrogens is 2. The van der Waals surface area contributed by atoms with Crippen molar-refractivity contribution in [2.24, 2.45) is 0 Å². The van der Waals surface area contributed by atoms with Crippen LogP contribution in [0.25, 0.3) is 0 Å². The molecule has 0 amide bonds. The zero-order valence-corrected chi connectivity index (χ0v) is 11.8. The fourth-order valence-corrected chi connectivity index (χ4v) is 1.74. The number of rotatable bonds is 4. The highest BCUT2D eigenvalue weighted by Gasteiger charge is 2.11. The summed E-state index contributed by atoms with van der Waals surface area (Å²) in [4.78, 5) is 20.1. The maximum absolute atomic E-state index is 11.7. The highest BCUT2D eigenvalue weighted by molar-refractivity contribution is 5.91. The van der Waals surface area contributed by atoms with Gasteiger partial charge >= 0.3 is 5.97 Å². The Kier molecular flexibility index (Phi) is 4.30. The van der Waals surface area contributed by atoms with Gasteiger partial charge in [-0.25, -0.2) is 9.78 Å². The highest BCUT2D eigenvalue weighted by Crippen LogP contribution is 2.17. The van der Waals surface area contributed by atoms with E-state index in [0.29, 0.717) is 18.0 Å². The van der Waals surface area contributed by atoms with Crippen LogP contribution in [0.4, 0.5) is 11.5 Å². The molecular formula is C15H17N3O2. The smallest absolute Gasteiger partial charge is 0.339 e. The molecule has 0 saturated heterocycles. The summed E-state index contributed by atoms with van der Waals surface area (Å²) in [6.45, 7) is 5.92. The van der Waals surface area contributed by atoms with E-state index in [0.717, 1.165) is 16.9 Å². The molecule has 20 heavy (non-hydrogen) atoms. The first-order valence-electron chi connectivity index (χ1n) is 6.43. The van der Waals surface area contributed by atoms with Gasteiger partial charge in [0.15, 0.2) is 0 Å². The third-order valence-electron chi connectivity index (χ3n) is 2.79. The lowest BCUT2D eigenvalue weighted by atomic mass is 10.1. The van der Waals surface area contributed by atoms with Crippen LogP contribution in [0.5, 0.6) is 0 Å². The molecule has 0 bridgehead atoms. The third-order valence-corrected chi connectivity index (χ3v) is 2.79. The molecular weight excluding hydrogens is 254 g/mol. The maximum atomic E-state index is 11.7. The molecule has 2 rings (SSSR count). The number of anilines is 2. The van der Waals surface area contributed by atoms with Crippen molar-refractivity contribution >= 4 is 17.5 Å². The largest absolute Gasteiger partial charge is 0.462 e. The highest BCUT2D eigenvalue weighted by atomic mass is 16.5. The Morgan fingerprint density at radius 3 is 2.65 bits per heavy atom. The van der Waals surface area contributed by atoms with Gasteiger partial charge in [0.25, 0.3) is 0 Å². The van der Waals surface area contributed by atoms with Gasteiger partial charge in [0.2, 0.25) is 0 Å². The Morgan fingerprint density at radius 1 is 1.25 bits per heavy atom. The molecule has 2 aromatic heterocycles. The molecule has 0 radical (unpaired) electrons. The van der Waals surface area contributed by atoms with Gasteiger partial charge in [-0.1, -0.05) is 0 Å². The molecule has 104 valence electrons. The SMILES string of the molecule is CCOC(=O)c1cnc(Nc2ccc(C)nc2)cc1C. The van der Waals surface area contributed by atoms with Crippen molar-refractivity contribution in [1.29, 1.82) is 0 Å². The summed E-state index contributed by atoms with van der Waals surface area (Å²) in [7, 11) is 0. The van der Waals surface area contributed by atoms with E-state index in [2.05, 4.69) is 15.3 Å². The van der Waals surface area contributed by atoms with Crippen LogP contribution in [0.1, 0.15) is 28.5 Å². The van der Waals surface area contributed by atoms with Crippen LogP contribution in [-0.4, -0.2) is 22.5 Å². The quantitative estimate of drug-likeness (QED) is 0.866. The fraction of sp³-hybridized carbons (Fsp3) is 0.267. The van der Waals surface area contributed by atoms with Crippen LogP contribution in [0.15, 0.2) is 30.6 Å². The van der Waals surface area contributed by atoms with Gasteiger partial charge in [-0.3, -0.25) is 4.98 Å². The first kappa shape index (κ1) is 14.0. The summed E-state index contributed by atoms with van der Waals surface area (Å²) in [6.07, 6.45) is 3.27. The number of carbonyl (C=O) groups is 1. The van der Waals surface area contributed by atoms with Crippen molar-refractivity contribution in [1.82, 2.24) is 9.97 Å². The Bertz CT molecular complexity index is 609. The molecule has 1 N–H and O–H groups in total. The van der Waals surface area contributed by atoms with Gasteiger partial charge < -0.3 is 10.1 Å². The number of aryl methyl sites for hydroxylation is 2. The summed E-state index contributed by atoms with van der Waals surface area (Å²) in [5.74, 6) is 0.322. The van der Waals surface area contributed by atoms with E-state index in [1.54, 1.807) is 13.1 Å². The monoisotopic (exact) mass is 271 g/mol. The van der Waals surface area contributed by atoms with Crippen LogP contribution >= 0.6 is 0 Å². The van der Waals surface area contributed by atoms with E-state index in [4.69, 9.17) is 4.74 Å². The standard InChI is InChI=1S/C15H17N3O2/c1-4-20-15(19)13-9-17-14(7-10(13)2)18-12-6-5-11(3)16-8-12/h5-9H,4H2,1-3H3,(H,17,18). The van der Waals surface area contributed by atoms with Gasteiger partial charge in [0.05, 0.1) is 24.1 Å². The lowest BCUT2D eigenvalue weighted by molar-refractivity contribution is 0.0525. The number of hydrogen-bond acceptors (Lipinski definition) is 5. The van der Waals surface area contributed by atoms with Crippen molar-refractivity contribution in [2.75, 3.05) is 11.9 Å². The second-order valence-electron chi connectivity index (χ2n) is 4.42. The van der Waals surface area contributed by atoms with E-state index >= 15 is 0 Å². The van der Waals surface area contributed by atoms with Crippen LogP contribution < -0.4 is 5.32 Å². The van der Waals surface area contributed by atoms with Crippen molar-refractivity contribution < 1.29 is 9.53 Å². The molecule has 0 aliphatic carbocycles. The van der Waals surface area contributed by atoms with Crippen molar-refractivity contribution in [3.05, 3.63) is 47.4 Å². The predicted octanol–water partition coefficient (Wildman–Crippen LogP) is 3.01. The van der Waals surface area contributed by atoms with Crippen LogP contribution in [0.3, 0.4) is 0 Å². The zero-order valence-electron chi connectivity index (χ0n) is 11.8.